The van der Waals surface area contributed by atoms with Gasteiger partial charge in [-0.25, -0.2) is 4.98 Å². The van der Waals surface area contributed by atoms with Crippen molar-refractivity contribution in [1.29, 1.82) is 0 Å². The van der Waals surface area contributed by atoms with Crippen molar-refractivity contribution in [3.8, 4) is 0 Å². The zero-order valence-electron chi connectivity index (χ0n) is 11.3. The minimum Gasteiger partial charge on any atom is -0.368 e. The van der Waals surface area contributed by atoms with E-state index in [1.165, 1.54) is 37.5 Å². The molecule has 20 heavy (non-hydrogen) atoms. The molecule has 5 nitrogen and oxygen atoms in total. The first-order valence-corrected chi connectivity index (χ1v) is 7.21. The minimum absolute atomic E-state index is 0.338. The lowest BCUT2D eigenvalue weighted by Crippen LogP contribution is -2.13. The molecule has 0 aliphatic heterocycles. The van der Waals surface area contributed by atoms with E-state index in [4.69, 9.17) is 5.73 Å². The fraction of sp³-hybridized carbons (Fsp3) is 0.400. The van der Waals surface area contributed by atoms with E-state index in [9.17, 15) is 0 Å². The molecule has 1 saturated carbocycles. The standard InChI is InChI=1S/C15H17N5/c16-15-18-8-12-11-6-7-17-9-13(11)20(14(12)19-15)10-4-2-1-3-5-10/h6-10H,1-5H2,(H2,16,18,19). The van der Waals surface area contributed by atoms with Crippen LogP contribution in [0, 0.1) is 0 Å². The number of anilines is 1. The number of hydrogen-bond acceptors (Lipinski definition) is 4. The number of rotatable bonds is 1. The van der Waals surface area contributed by atoms with E-state index in [1.807, 2.05) is 24.7 Å². The monoisotopic (exact) mass is 267 g/mol. The van der Waals surface area contributed by atoms with E-state index in [0.29, 0.717) is 12.0 Å². The lowest BCUT2D eigenvalue weighted by molar-refractivity contribution is 0.366. The van der Waals surface area contributed by atoms with Gasteiger partial charge in [0.25, 0.3) is 0 Å². The predicted octanol–water partition coefficient (Wildman–Crippen LogP) is 3.07. The molecule has 0 saturated heterocycles. The van der Waals surface area contributed by atoms with E-state index < -0.39 is 0 Å². The van der Waals surface area contributed by atoms with Crippen LogP contribution in [-0.2, 0) is 0 Å². The first-order chi connectivity index (χ1) is 9.84. The topological polar surface area (TPSA) is 69.6 Å². The maximum absolute atomic E-state index is 5.79. The maximum atomic E-state index is 5.79. The summed E-state index contributed by atoms with van der Waals surface area (Å²) in [6.45, 7) is 0. The quantitative estimate of drug-likeness (QED) is 0.735. The number of nitrogen functional groups attached to an aromatic ring is 1. The van der Waals surface area contributed by atoms with Crippen LogP contribution in [0.1, 0.15) is 38.1 Å². The lowest BCUT2D eigenvalue weighted by Gasteiger charge is -2.24. The van der Waals surface area contributed by atoms with Gasteiger partial charge in [-0.15, -0.1) is 0 Å². The zero-order valence-corrected chi connectivity index (χ0v) is 11.3. The Balaban J connectivity index is 2.05. The molecule has 0 spiro atoms. The van der Waals surface area contributed by atoms with Crippen molar-refractivity contribution in [3.05, 3.63) is 24.7 Å². The van der Waals surface area contributed by atoms with Crippen LogP contribution in [-0.4, -0.2) is 19.5 Å². The van der Waals surface area contributed by atoms with Gasteiger partial charge in [-0.2, -0.15) is 4.98 Å². The summed E-state index contributed by atoms with van der Waals surface area (Å²) in [4.78, 5) is 12.9. The van der Waals surface area contributed by atoms with Crippen LogP contribution in [0.15, 0.2) is 24.7 Å². The Morgan fingerprint density at radius 1 is 1.10 bits per heavy atom. The molecule has 0 bridgehead atoms. The second-order valence-electron chi connectivity index (χ2n) is 5.52. The Morgan fingerprint density at radius 2 is 1.95 bits per heavy atom. The molecule has 0 aromatic carbocycles. The van der Waals surface area contributed by atoms with Crippen LogP contribution >= 0.6 is 0 Å². The van der Waals surface area contributed by atoms with E-state index in [0.717, 1.165) is 16.6 Å². The first-order valence-electron chi connectivity index (χ1n) is 7.21. The normalized spacial score (nSPS) is 17.0. The summed E-state index contributed by atoms with van der Waals surface area (Å²) in [5.74, 6) is 0.338. The van der Waals surface area contributed by atoms with Gasteiger partial charge in [0, 0.05) is 29.2 Å². The molecule has 1 aliphatic rings. The van der Waals surface area contributed by atoms with Crippen molar-refractivity contribution in [2.45, 2.75) is 38.1 Å². The fourth-order valence-corrected chi connectivity index (χ4v) is 3.39. The fourth-order valence-electron chi connectivity index (χ4n) is 3.39. The van der Waals surface area contributed by atoms with Gasteiger partial charge in [0.1, 0.15) is 5.65 Å². The molecule has 102 valence electrons. The summed E-state index contributed by atoms with van der Waals surface area (Å²) in [6, 6.07) is 2.54. The smallest absolute Gasteiger partial charge is 0.221 e. The Bertz CT molecular complexity index is 770. The average molecular weight is 267 g/mol. The Hall–Kier alpha value is -2.17. The highest BCUT2D eigenvalue weighted by Crippen LogP contribution is 2.36. The van der Waals surface area contributed by atoms with Gasteiger partial charge < -0.3 is 10.3 Å². The Kier molecular flexibility index (Phi) is 2.58. The van der Waals surface area contributed by atoms with Crippen molar-refractivity contribution < 1.29 is 0 Å². The van der Waals surface area contributed by atoms with Gasteiger partial charge in [-0.1, -0.05) is 19.3 Å². The SMILES string of the molecule is Nc1ncc2c3ccncc3n(C3CCCCC3)c2n1. The second-order valence-corrected chi connectivity index (χ2v) is 5.52. The third-order valence-electron chi connectivity index (χ3n) is 4.31. The van der Waals surface area contributed by atoms with Crippen LogP contribution in [0.5, 0.6) is 0 Å². The molecule has 0 amide bonds. The van der Waals surface area contributed by atoms with Gasteiger partial charge in [0.15, 0.2) is 0 Å². The van der Waals surface area contributed by atoms with E-state index >= 15 is 0 Å². The predicted molar refractivity (Wildman–Crippen MR) is 79.4 cm³/mol. The van der Waals surface area contributed by atoms with Gasteiger partial charge in [0.2, 0.25) is 5.95 Å². The maximum Gasteiger partial charge on any atom is 0.221 e. The lowest BCUT2D eigenvalue weighted by atomic mass is 9.95. The molecule has 3 heterocycles. The molecular weight excluding hydrogens is 250 g/mol. The van der Waals surface area contributed by atoms with Crippen molar-refractivity contribution >= 4 is 27.9 Å². The number of hydrogen-bond donors (Lipinski definition) is 1. The average Bonchev–Trinajstić information content (AvgIpc) is 2.81. The zero-order chi connectivity index (χ0) is 13.5. The van der Waals surface area contributed by atoms with Gasteiger partial charge in [0.05, 0.1) is 11.7 Å². The Morgan fingerprint density at radius 3 is 2.80 bits per heavy atom. The third kappa shape index (κ3) is 1.66. The molecule has 4 rings (SSSR count). The Labute approximate surface area is 116 Å². The second kappa shape index (κ2) is 4.44. The van der Waals surface area contributed by atoms with Gasteiger partial charge in [-0.3, -0.25) is 4.98 Å². The van der Waals surface area contributed by atoms with Crippen LogP contribution in [0.4, 0.5) is 5.95 Å². The number of fused-ring (bicyclic) bond motifs is 3. The molecule has 0 unspecified atom stereocenters. The molecule has 5 heteroatoms. The summed E-state index contributed by atoms with van der Waals surface area (Å²) in [5.41, 5.74) is 7.89. The summed E-state index contributed by atoms with van der Waals surface area (Å²) < 4.78 is 2.33. The largest absolute Gasteiger partial charge is 0.368 e. The van der Waals surface area contributed by atoms with E-state index in [2.05, 4.69) is 19.5 Å². The van der Waals surface area contributed by atoms with Crippen LogP contribution in [0.3, 0.4) is 0 Å². The van der Waals surface area contributed by atoms with Crippen molar-refractivity contribution in [1.82, 2.24) is 19.5 Å². The molecule has 0 radical (unpaired) electrons. The molecule has 3 aromatic rings. The van der Waals surface area contributed by atoms with Crippen molar-refractivity contribution in [2.75, 3.05) is 5.73 Å². The summed E-state index contributed by atoms with van der Waals surface area (Å²) in [7, 11) is 0. The van der Waals surface area contributed by atoms with Crippen LogP contribution in [0.25, 0.3) is 21.9 Å². The molecule has 1 aliphatic carbocycles. The molecular formula is C15H17N5. The molecule has 3 aromatic heterocycles. The molecule has 2 N–H and O–H groups in total. The van der Waals surface area contributed by atoms with E-state index in [1.54, 1.807) is 0 Å². The molecule has 1 fully saturated rings. The third-order valence-corrected chi connectivity index (χ3v) is 4.31. The van der Waals surface area contributed by atoms with Crippen LogP contribution < -0.4 is 5.73 Å². The van der Waals surface area contributed by atoms with Gasteiger partial charge in [-0.05, 0) is 18.9 Å². The summed E-state index contributed by atoms with van der Waals surface area (Å²) in [6.07, 6.45) is 11.9. The number of aromatic nitrogens is 4. The number of nitrogens with two attached hydrogens (primary N) is 1. The highest BCUT2D eigenvalue weighted by atomic mass is 15.1. The van der Waals surface area contributed by atoms with Crippen LogP contribution in [0.2, 0.25) is 0 Å². The summed E-state index contributed by atoms with van der Waals surface area (Å²) >= 11 is 0. The minimum atomic E-state index is 0.338. The van der Waals surface area contributed by atoms with Crippen molar-refractivity contribution in [3.63, 3.8) is 0 Å². The number of pyridine rings is 1. The highest BCUT2D eigenvalue weighted by Gasteiger charge is 2.21. The van der Waals surface area contributed by atoms with Gasteiger partial charge >= 0.3 is 0 Å². The van der Waals surface area contributed by atoms with E-state index in [-0.39, 0.29) is 0 Å². The first kappa shape index (κ1) is 11.6. The summed E-state index contributed by atoms with van der Waals surface area (Å²) in [5, 5.41) is 2.24. The van der Waals surface area contributed by atoms with Crippen molar-refractivity contribution in [2.24, 2.45) is 0 Å². The molecule has 0 atom stereocenters. The number of nitrogens with zero attached hydrogens (tertiary/aromatic N) is 4. The highest BCUT2D eigenvalue weighted by molar-refractivity contribution is 6.06.